The van der Waals surface area contributed by atoms with Crippen molar-refractivity contribution >= 4 is 34.3 Å². The molecule has 0 saturated carbocycles. The average molecular weight is 455 g/mol. The number of thioether (sulfide) groups is 1. The number of halogens is 2. The summed E-state index contributed by atoms with van der Waals surface area (Å²) in [4.78, 5) is 18.0. The van der Waals surface area contributed by atoms with Gasteiger partial charge in [-0.3, -0.25) is 9.36 Å². The fourth-order valence-corrected chi connectivity index (χ4v) is 4.78. The van der Waals surface area contributed by atoms with Gasteiger partial charge >= 0.3 is 0 Å². The van der Waals surface area contributed by atoms with Crippen molar-refractivity contribution in [1.29, 1.82) is 0 Å². The molecule has 156 valence electrons. The molecule has 8 heteroatoms. The predicted octanol–water partition coefficient (Wildman–Crippen LogP) is 5.34. The summed E-state index contributed by atoms with van der Waals surface area (Å²) >= 11 is 7.67. The Balaban J connectivity index is 1.60. The molecule has 31 heavy (non-hydrogen) atoms. The summed E-state index contributed by atoms with van der Waals surface area (Å²) in [6.07, 6.45) is 0. The number of aromatic nitrogens is 2. The number of rotatable bonds is 4. The normalized spacial score (nSPS) is 13.1. The van der Waals surface area contributed by atoms with Gasteiger partial charge in [-0.15, -0.1) is 0 Å². The molecule has 0 spiro atoms. The van der Waals surface area contributed by atoms with E-state index < -0.39 is 0 Å². The summed E-state index contributed by atoms with van der Waals surface area (Å²) in [5.41, 5.74) is 2.72. The van der Waals surface area contributed by atoms with Crippen LogP contribution < -0.4 is 10.3 Å². The molecule has 0 atom stereocenters. The van der Waals surface area contributed by atoms with Gasteiger partial charge < -0.3 is 9.47 Å². The van der Waals surface area contributed by atoms with E-state index in [9.17, 15) is 9.18 Å². The number of hydrogen-bond acceptors (Lipinski definition) is 5. The number of ether oxygens (including phenoxy) is 2. The number of benzene rings is 3. The number of nitrogens with zero attached hydrogens (tertiary/aromatic N) is 2. The highest BCUT2D eigenvalue weighted by Crippen LogP contribution is 2.35. The highest BCUT2D eigenvalue weighted by atomic mass is 35.5. The van der Waals surface area contributed by atoms with Crippen LogP contribution in [0.1, 0.15) is 11.1 Å². The van der Waals surface area contributed by atoms with Crippen molar-refractivity contribution in [3.05, 3.63) is 93.0 Å². The first kappa shape index (κ1) is 20.1. The molecule has 0 amide bonds. The summed E-state index contributed by atoms with van der Waals surface area (Å²) in [7, 11) is 0. The van der Waals surface area contributed by atoms with Crippen LogP contribution in [0.3, 0.4) is 0 Å². The van der Waals surface area contributed by atoms with Gasteiger partial charge in [0, 0.05) is 21.9 Å². The van der Waals surface area contributed by atoms with Gasteiger partial charge in [0.05, 0.1) is 23.2 Å². The molecule has 0 radical (unpaired) electrons. The number of hydrogen-bond donors (Lipinski definition) is 0. The van der Waals surface area contributed by atoms with Crippen LogP contribution in [0.5, 0.6) is 5.75 Å². The van der Waals surface area contributed by atoms with E-state index in [4.69, 9.17) is 26.1 Å². The third kappa shape index (κ3) is 3.92. The molecule has 2 heterocycles. The molecule has 0 unspecified atom stereocenters. The molecule has 5 nitrogen and oxygen atoms in total. The SMILES string of the molecule is O=c1c2ccccc2nc(SCc2cc(Cl)cc3c2OCOC3)n1-c1ccc(F)cc1. The highest BCUT2D eigenvalue weighted by Gasteiger charge is 2.19. The number of fused-ring (bicyclic) bond motifs is 2. The van der Waals surface area contributed by atoms with Crippen molar-refractivity contribution in [3.8, 4) is 11.4 Å². The second kappa shape index (κ2) is 8.34. The number of para-hydroxylation sites is 1. The van der Waals surface area contributed by atoms with Gasteiger partial charge in [-0.05, 0) is 48.5 Å². The fourth-order valence-electron chi connectivity index (χ4n) is 3.53. The van der Waals surface area contributed by atoms with Gasteiger partial charge in [-0.25, -0.2) is 9.37 Å². The van der Waals surface area contributed by atoms with Gasteiger partial charge in [0.1, 0.15) is 11.6 Å². The lowest BCUT2D eigenvalue weighted by atomic mass is 10.1. The molecule has 1 aliphatic heterocycles. The van der Waals surface area contributed by atoms with E-state index in [2.05, 4.69) is 0 Å². The largest absolute Gasteiger partial charge is 0.467 e. The van der Waals surface area contributed by atoms with E-state index in [0.717, 1.165) is 16.9 Å². The minimum atomic E-state index is -0.371. The molecule has 5 rings (SSSR count). The van der Waals surface area contributed by atoms with Gasteiger partial charge in [-0.2, -0.15) is 0 Å². The first-order valence-corrected chi connectivity index (χ1v) is 10.9. The summed E-state index contributed by atoms with van der Waals surface area (Å²) in [6, 6.07) is 16.6. The van der Waals surface area contributed by atoms with Crippen LogP contribution in [0.4, 0.5) is 4.39 Å². The molecular weight excluding hydrogens is 439 g/mol. The third-order valence-electron chi connectivity index (χ3n) is 4.94. The summed E-state index contributed by atoms with van der Waals surface area (Å²) < 4.78 is 26.0. The molecule has 4 aromatic rings. The van der Waals surface area contributed by atoms with Gasteiger partial charge in [0.2, 0.25) is 0 Å². The molecular formula is C23H16ClFN2O3S. The van der Waals surface area contributed by atoms with Crippen LogP contribution in [0.15, 0.2) is 70.6 Å². The Kier molecular flexibility index (Phi) is 5.40. The highest BCUT2D eigenvalue weighted by molar-refractivity contribution is 7.98. The van der Waals surface area contributed by atoms with Crippen molar-refractivity contribution in [1.82, 2.24) is 9.55 Å². The quantitative estimate of drug-likeness (QED) is 0.308. The topological polar surface area (TPSA) is 53.4 Å². The van der Waals surface area contributed by atoms with Gasteiger partial charge in [-0.1, -0.05) is 35.5 Å². The summed E-state index contributed by atoms with van der Waals surface area (Å²) in [5, 5.41) is 1.58. The molecule has 1 aliphatic rings. The van der Waals surface area contributed by atoms with Crippen LogP contribution in [0, 0.1) is 5.82 Å². The Morgan fingerprint density at radius 1 is 1.13 bits per heavy atom. The Morgan fingerprint density at radius 2 is 1.94 bits per heavy atom. The van der Waals surface area contributed by atoms with Gasteiger partial charge in [0.15, 0.2) is 11.9 Å². The Bertz CT molecular complexity index is 1340. The maximum absolute atomic E-state index is 13.5. The smallest absolute Gasteiger partial charge is 0.266 e. The van der Waals surface area contributed by atoms with Crippen molar-refractivity contribution in [2.24, 2.45) is 0 Å². The van der Waals surface area contributed by atoms with E-state index in [1.54, 1.807) is 30.3 Å². The van der Waals surface area contributed by atoms with E-state index in [0.29, 0.717) is 39.1 Å². The van der Waals surface area contributed by atoms with E-state index in [-0.39, 0.29) is 18.2 Å². The van der Waals surface area contributed by atoms with Crippen molar-refractivity contribution < 1.29 is 13.9 Å². The van der Waals surface area contributed by atoms with Crippen LogP contribution >= 0.6 is 23.4 Å². The Hall–Kier alpha value is -2.87. The first-order valence-electron chi connectivity index (χ1n) is 9.52. The van der Waals surface area contributed by atoms with Gasteiger partial charge in [0.25, 0.3) is 5.56 Å². The molecule has 0 bridgehead atoms. The van der Waals surface area contributed by atoms with Crippen LogP contribution in [0.25, 0.3) is 16.6 Å². The first-order chi connectivity index (χ1) is 15.1. The van der Waals surface area contributed by atoms with Crippen molar-refractivity contribution in [2.75, 3.05) is 6.79 Å². The van der Waals surface area contributed by atoms with E-state index >= 15 is 0 Å². The monoisotopic (exact) mass is 454 g/mol. The molecule has 0 saturated heterocycles. The lowest BCUT2D eigenvalue weighted by molar-refractivity contribution is -0.0168. The lowest BCUT2D eigenvalue weighted by Gasteiger charge is -2.21. The summed E-state index contributed by atoms with van der Waals surface area (Å²) in [5.74, 6) is 0.860. The van der Waals surface area contributed by atoms with Crippen LogP contribution in [-0.4, -0.2) is 16.3 Å². The third-order valence-corrected chi connectivity index (χ3v) is 6.14. The van der Waals surface area contributed by atoms with Crippen LogP contribution in [0.2, 0.25) is 5.02 Å². The molecule has 0 aliphatic carbocycles. The zero-order valence-electron chi connectivity index (χ0n) is 16.2. The molecule has 3 aromatic carbocycles. The predicted molar refractivity (Wildman–Crippen MR) is 119 cm³/mol. The zero-order valence-corrected chi connectivity index (χ0v) is 17.8. The molecule has 1 aromatic heterocycles. The fraction of sp³-hybridized carbons (Fsp3) is 0.130. The second-order valence-electron chi connectivity index (χ2n) is 6.98. The average Bonchev–Trinajstić information content (AvgIpc) is 2.78. The molecule has 0 fully saturated rings. The Labute approximate surface area is 186 Å². The molecule has 0 N–H and O–H groups in total. The minimum absolute atomic E-state index is 0.181. The zero-order chi connectivity index (χ0) is 21.4. The minimum Gasteiger partial charge on any atom is -0.467 e. The van der Waals surface area contributed by atoms with E-state index in [1.165, 1.54) is 28.5 Å². The second-order valence-corrected chi connectivity index (χ2v) is 8.36. The van der Waals surface area contributed by atoms with Crippen LogP contribution in [-0.2, 0) is 17.1 Å². The summed E-state index contributed by atoms with van der Waals surface area (Å²) in [6.45, 7) is 0.614. The lowest BCUT2D eigenvalue weighted by Crippen LogP contribution is -2.21. The maximum atomic E-state index is 13.5. The van der Waals surface area contributed by atoms with Crippen molar-refractivity contribution in [3.63, 3.8) is 0 Å². The van der Waals surface area contributed by atoms with E-state index in [1.807, 2.05) is 18.2 Å². The maximum Gasteiger partial charge on any atom is 0.266 e. The Morgan fingerprint density at radius 3 is 2.77 bits per heavy atom. The van der Waals surface area contributed by atoms with Crippen molar-refractivity contribution in [2.45, 2.75) is 17.5 Å². The standard InChI is InChI=1S/C23H16ClFN2O3S/c24-16-9-14-11-29-13-30-21(14)15(10-16)12-31-23-26-20-4-2-1-3-19(20)22(28)27(23)18-7-5-17(25)6-8-18/h1-10H,11-13H2.